The molecule has 0 aliphatic rings. The Hall–Kier alpha value is -1.68. The third-order valence-corrected chi connectivity index (χ3v) is 5.10. The van der Waals surface area contributed by atoms with Crippen LogP contribution in [0.5, 0.6) is 0 Å². The Kier molecular flexibility index (Phi) is 6.51. The highest BCUT2D eigenvalue weighted by Crippen LogP contribution is 2.25. The summed E-state index contributed by atoms with van der Waals surface area (Å²) in [5, 5.41) is 2.25. The zero-order valence-corrected chi connectivity index (χ0v) is 14.6. The Labute approximate surface area is 139 Å². The van der Waals surface area contributed by atoms with Crippen LogP contribution in [0, 0.1) is 0 Å². The lowest BCUT2D eigenvalue weighted by Gasteiger charge is -2.16. The van der Waals surface area contributed by atoms with Crippen LogP contribution in [-0.4, -0.2) is 52.1 Å². The van der Waals surface area contributed by atoms with Crippen molar-refractivity contribution in [3.05, 3.63) is 28.8 Å². The summed E-state index contributed by atoms with van der Waals surface area (Å²) in [6, 6.07) is 3.61. The van der Waals surface area contributed by atoms with Gasteiger partial charge in [0.25, 0.3) is 15.9 Å². The largest absolute Gasteiger partial charge is 0.449 e. The molecule has 10 heteroatoms. The number of carbonyl (C=O) groups is 2. The molecular weight excluding hydrogens is 348 g/mol. The SMILES string of the molecule is CNC(=O)[C@@H](C)OC(=O)c1ccc(Cl)c(S(=O)(=O)N(C)OC)c1. The number of rotatable bonds is 6. The standard InChI is InChI=1S/C13H17ClN2O6S/c1-8(12(17)15-2)22-13(18)9-5-6-10(14)11(7-9)23(19,20)16(3)21-4/h5-8H,1-4H3,(H,15,17)/t8-/m1/s1. The third kappa shape index (κ3) is 4.41. The van der Waals surface area contributed by atoms with Crippen LogP contribution in [0.3, 0.4) is 0 Å². The molecule has 0 saturated heterocycles. The van der Waals surface area contributed by atoms with Crippen molar-refractivity contribution in [2.75, 3.05) is 21.2 Å². The summed E-state index contributed by atoms with van der Waals surface area (Å²) in [6.07, 6.45) is -1.02. The predicted molar refractivity (Wildman–Crippen MR) is 82.4 cm³/mol. The minimum atomic E-state index is -4.03. The second-order valence-electron chi connectivity index (χ2n) is 4.40. The van der Waals surface area contributed by atoms with Crippen molar-refractivity contribution in [3.63, 3.8) is 0 Å². The van der Waals surface area contributed by atoms with E-state index in [1.165, 1.54) is 40.3 Å². The van der Waals surface area contributed by atoms with E-state index in [2.05, 4.69) is 10.2 Å². The first-order valence-electron chi connectivity index (χ1n) is 6.40. The predicted octanol–water partition coefficient (Wildman–Crippen LogP) is 0.813. The number of carbonyl (C=O) groups excluding carboxylic acids is 2. The van der Waals surface area contributed by atoms with Gasteiger partial charge in [-0.2, -0.15) is 0 Å². The molecule has 1 N–H and O–H groups in total. The van der Waals surface area contributed by atoms with Crippen molar-refractivity contribution in [1.82, 2.24) is 9.79 Å². The quantitative estimate of drug-likeness (QED) is 0.592. The van der Waals surface area contributed by atoms with Gasteiger partial charge in [0.05, 0.1) is 17.7 Å². The summed E-state index contributed by atoms with van der Waals surface area (Å²) < 4.78 is 30.0. The minimum absolute atomic E-state index is 0.0618. The molecule has 0 heterocycles. The minimum Gasteiger partial charge on any atom is -0.449 e. The van der Waals surface area contributed by atoms with Crippen LogP contribution in [0.4, 0.5) is 0 Å². The van der Waals surface area contributed by atoms with Gasteiger partial charge in [0.2, 0.25) is 0 Å². The topological polar surface area (TPSA) is 102 Å². The summed E-state index contributed by atoms with van der Waals surface area (Å²) in [5.41, 5.74) is -0.0618. The van der Waals surface area contributed by atoms with Crippen molar-refractivity contribution in [2.45, 2.75) is 17.9 Å². The van der Waals surface area contributed by atoms with Gasteiger partial charge in [0.1, 0.15) is 4.90 Å². The summed E-state index contributed by atoms with van der Waals surface area (Å²) in [4.78, 5) is 27.7. The number of hydrogen-bond acceptors (Lipinski definition) is 6. The number of amides is 1. The maximum absolute atomic E-state index is 12.2. The molecule has 0 bridgehead atoms. The van der Waals surface area contributed by atoms with Crippen LogP contribution < -0.4 is 5.32 Å². The maximum Gasteiger partial charge on any atom is 0.338 e. The van der Waals surface area contributed by atoms with E-state index in [-0.39, 0.29) is 15.5 Å². The first kappa shape index (κ1) is 19.4. The highest BCUT2D eigenvalue weighted by Gasteiger charge is 2.26. The summed E-state index contributed by atoms with van der Waals surface area (Å²) in [6.45, 7) is 1.39. The molecule has 0 spiro atoms. The Bertz CT molecular complexity index is 706. The van der Waals surface area contributed by atoms with Gasteiger partial charge in [-0.05, 0) is 25.1 Å². The number of ether oxygens (including phenoxy) is 1. The van der Waals surface area contributed by atoms with Crippen molar-refractivity contribution < 1.29 is 27.6 Å². The molecule has 0 radical (unpaired) electrons. The van der Waals surface area contributed by atoms with E-state index in [0.29, 0.717) is 4.47 Å². The van der Waals surface area contributed by atoms with E-state index in [4.69, 9.17) is 16.3 Å². The lowest BCUT2D eigenvalue weighted by Crippen LogP contribution is -2.33. The molecule has 0 aliphatic heterocycles. The molecule has 1 aromatic carbocycles. The van der Waals surface area contributed by atoms with Crippen molar-refractivity contribution in [3.8, 4) is 0 Å². The number of halogens is 1. The zero-order valence-electron chi connectivity index (χ0n) is 13.0. The fourth-order valence-corrected chi connectivity index (χ4v) is 3.02. The van der Waals surface area contributed by atoms with Gasteiger partial charge in [0, 0.05) is 14.1 Å². The molecule has 0 unspecified atom stereocenters. The van der Waals surface area contributed by atoms with Crippen LogP contribution in [0.1, 0.15) is 17.3 Å². The molecule has 0 fully saturated rings. The van der Waals surface area contributed by atoms with E-state index in [1.807, 2.05) is 0 Å². The number of nitrogens with one attached hydrogen (secondary N) is 1. The number of hydroxylamine groups is 1. The molecule has 8 nitrogen and oxygen atoms in total. The van der Waals surface area contributed by atoms with Crippen LogP contribution >= 0.6 is 11.6 Å². The van der Waals surface area contributed by atoms with Crippen LogP contribution in [-0.2, 0) is 24.4 Å². The normalized spacial score (nSPS) is 12.8. The van der Waals surface area contributed by atoms with Crippen LogP contribution in [0.2, 0.25) is 5.02 Å². The molecule has 0 aromatic heterocycles. The molecule has 0 aliphatic carbocycles. The Morgan fingerprint density at radius 3 is 2.48 bits per heavy atom. The van der Waals surface area contributed by atoms with Gasteiger partial charge in [-0.3, -0.25) is 9.63 Å². The monoisotopic (exact) mass is 364 g/mol. The van der Waals surface area contributed by atoms with Gasteiger partial charge >= 0.3 is 5.97 Å². The fourth-order valence-electron chi connectivity index (χ4n) is 1.55. The number of sulfonamides is 1. The maximum atomic E-state index is 12.2. The van der Waals surface area contributed by atoms with Crippen molar-refractivity contribution >= 4 is 33.5 Å². The van der Waals surface area contributed by atoms with E-state index >= 15 is 0 Å². The molecule has 128 valence electrons. The molecule has 1 rings (SSSR count). The highest BCUT2D eigenvalue weighted by molar-refractivity contribution is 7.89. The molecule has 0 saturated carbocycles. The second kappa shape index (κ2) is 7.73. The second-order valence-corrected chi connectivity index (χ2v) is 6.72. The van der Waals surface area contributed by atoms with E-state index in [1.54, 1.807) is 0 Å². The number of esters is 1. The van der Waals surface area contributed by atoms with Gasteiger partial charge in [-0.25, -0.2) is 13.2 Å². The van der Waals surface area contributed by atoms with Crippen LogP contribution in [0.15, 0.2) is 23.1 Å². The lowest BCUT2D eigenvalue weighted by molar-refractivity contribution is -0.128. The van der Waals surface area contributed by atoms with Crippen LogP contribution in [0.25, 0.3) is 0 Å². The fraction of sp³-hybridized carbons (Fsp3) is 0.385. The number of likely N-dealkylation sites (N-methyl/N-ethyl adjacent to an activating group) is 1. The van der Waals surface area contributed by atoms with Gasteiger partial charge < -0.3 is 10.1 Å². The number of benzene rings is 1. The Morgan fingerprint density at radius 1 is 1.35 bits per heavy atom. The first-order chi connectivity index (χ1) is 10.6. The molecule has 1 atom stereocenters. The average Bonchev–Trinajstić information content (AvgIpc) is 2.52. The summed E-state index contributed by atoms with van der Waals surface area (Å²) in [5.74, 6) is -1.34. The average molecular weight is 365 g/mol. The van der Waals surface area contributed by atoms with Gasteiger partial charge in [-0.1, -0.05) is 16.1 Å². The Morgan fingerprint density at radius 2 is 1.96 bits per heavy atom. The zero-order chi connectivity index (χ0) is 17.8. The summed E-state index contributed by atoms with van der Waals surface area (Å²) in [7, 11) is -0.270. The van der Waals surface area contributed by atoms with E-state index in [0.717, 1.165) is 6.07 Å². The third-order valence-electron chi connectivity index (χ3n) is 2.94. The smallest absolute Gasteiger partial charge is 0.338 e. The molecule has 23 heavy (non-hydrogen) atoms. The Balaban J connectivity index is 3.15. The summed E-state index contributed by atoms with van der Waals surface area (Å²) >= 11 is 5.89. The highest BCUT2D eigenvalue weighted by atomic mass is 35.5. The molecule has 1 aromatic rings. The first-order valence-corrected chi connectivity index (χ1v) is 8.22. The van der Waals surface area contributed by atoms with Gasteiger partial charge in [-0.15, -0.1) is 0 Å². The van der Waals surface area contributed by atoms with E-state index < -0.39 is 28.0 Å². The molecular formula is C13H17ClN2O6S. The number of hydrogen-bond donors (Lipinski definition) is 1. The van der Waals surface area contributed by atoms with Gasteiger partial charge in [0.15, 0.2) is 6.10 Å². The van der Waals surface area contributed by atoms with Crippen molar-refractivity contribution in [2.24, 2.45) is 0 Å². The lowest BCUT2D eigenvalue weighted by atomic mass is 10.2. The molecule has 1 amide bonds. The number of nitrogens with zero attached hydrogens (tertiary/aromatic N) is 1. The van der Waals surface area contributed by atoms with E-state index in [9.17, 15) is 18.0 Å². The van der Waals surface area contributed by atoms with Crippen molar-refractivity contribution in [1.29, 1.82) is 0 Å².